The molecule has 2 aliphatic rings. The highest BCUT2D eigenvalue weighted by atomic mass is 16.1. The van der Waals surface area contributed by atoms with E-state index >= 15 is 0 Å². The average molecular weight is 525 g/mol. The molecule has 1 aliphatic heterocycles. The first-order valence-electron chi connectivity index (χ1n) is 13.6. The van der Waals surface area contributed by atoms with E-state index in [-0.39, 0.29) is 5.91 Å². The lowest BCUT2D eigenvalue weighted by Crippen LogP contribution is -2.43. The lowest BCUT2D eigenvalue weighted by molar-refractivity contribution is 0.102. The maximum Gasteiger partial charge on any atom is 0.259 e. The molecule has 0 unspecified atom stereocenters. The molecule has 0 atom stereocenters. The summed E-state index contributed by atoms with van der Waals surface area (Å²) in [6.45, 7) is 4.42. The smallest absolute Gasteiger partial charge is 0.259 e. The van der Waals surface area contributed by atoms with Gasteiger partial charge in [-0.3, -0.25) is 19.1 Å². The zero-order valence-electron chi connectivity index (χ0n) is 22.2. The fraction of sp³-hybridized carbons (Fsp3) is 0.393. The molecule has 5 heterocycles. The van der Waals surface area contributed by atoms with Gasteiger partial charge in [0.2, 0.25) is 0 Å². The second kappa shape index (κ2) is 9.49. The minimum absolute atomic E-state index is 0.237. The Morgan fingerprint density at radius 2 is 1.87 bits per heavy atom. The normalized spacial score (nSPS) is 16.4. The molecule has 2 N–H and O–H groups in total. The number of benzene rings is 1. The third-order valence-electron chi connectivity index (χ3n) is 7.64. The fourth-order valence-corrected chi connectivity index (χ4v) is 5.63. The molecule has 7 rings (SSSR count). The van der Waals surface area contributed by atoms with Crippen LogP contribution in [0.5, 0.6) is 0 Å². The van der Waals surface area contributed by atoms with Crippen molar-refractivity contribution in [2.45, 2.75) is 51.2 Å². The number of rotatable bonds is 7. The SMILES string of the molecule is Cc1cn2cc(NC(=O)c3ccc(N4CCC(NC5CC5)CC4)c4cn(C)nc34)nc2c(Cn2cccn2)n1. The van der Waals surface area contributed by atoms with Gasteiger partial charge in [0.05, 0.1) is 24.0 Å². The monoisotopic (exact) mass is 524 g/mol. The quantitative estimate of drug-likeness (QED) is 0.337. The van der Waals surface area contributed by atoms with Gasteiger partial charge in [0.25, 0.3) is 5.91 Å². The summed E-state index contributed by atoms with van der Waals surface area (Å²) in [7, 11) is 1.90. The van der Waals surface area contributed by atoms with Crippen molar-refractivity contribution in [1.82, 2.24) is 39.2 Å². The predicted molar refractivity (Wildman–Crippen MR) is 149 cm³/mol. The first-order valence-corrected chi connectivity index (χ1v) is 13.6. The Morgan fingerprint density at radius 1 is 1.05 bits per heavy atom. The number of fused-ring (bicyclic) bond motifs is 2. The second-order valence-corrected chi connectivity index (χ2v) is 10.7. The van der Waals surface area contributed by atoms with E-state index in [1.807, 2.05) is 55.3 Å². The van der Waals surface area contributed by atoms with Crippen LogP contribution in [0.2, 0.25) is 0 Å². The number of aryl methyl sites for hydroxylation is 2. The highest BCUT2D eigenvalue weighted by molar-refractivity contribution is 6.13. The molecule has 4 aromatic heterocycles. The Labute approximate surface area is 225 Å². The van der Waals surface area contributed by atoms with Crippen LogP contribution in [-0.2, 0) is 13.6 Å². The Morgan fingerprint density at radius 3 is 2.64 bits per heavy atom. The van der Waals surface area contributed by atoms with Gasteiger partial charge < -0.3 is 19.9 Å². The van der Waals surface area contributed by atoms with Crippen molar-refractivity contribution in [2.75, 3.05) is 23.3 Å². The molecule has 1 aromatic carbocycles. The number of amides is 1. The number of hydrogen-bond acceptors (Lipinski definition) is 7. The Bertz CT molecular complexity index is 1650. The Balaban J connectivity index is 1.14. The van der Waals surface area contributed by atoms with E-state index in [2.05, 4.69) is 36.8 Å². The molecule has 1 aliphatic carbocycles. The molecule has 1 amide bonds. The molecular formula is C28H32N10O. The summed E-state index contributed by atoms with van der Waals surface area (Å²) >= 11 is 0. The van der Waals surface area contributed by atoms with Gasteiger partial charge in [-0.25, -0.2) is 4.98 Å². The number of imidazole rings is 1. The summed E-state index contributed by atoms with van der Waals surface area (Å²) in [5.41, 5.74) is 4.69. The van der Waals surface area contributed by atoms with E-state index < -0.39 is 0 Å². The number of carbonyl (C=O) groups excluding carboxylic acids is 1. The van der Waals surface area contributed by atoms with Crippen LogP contribution in [0.25, 0.3) is 16.6 Å². The van der Waals surface area contributed by atoms with Crippen molar-refractivity contribution >= 4 is 34.0 Å². The van der Waals surface area contributed by atoms with Gasteiger partial charge in [-0.2, -0.15) is 10.2 Å². The van der Waals surface area contributed by atoms with Crippen LogP contribution in [0.15, 0.2) is 49.2 Å². The van der Waals surface area contributed by atoms with Gasteiger partial charge >= 0.3 is 0 Å². The zero-order valence-corrected chi connectivity index (χ0v) is 22.2. The molecule has 0 bridgehead atoms. The number of carbonyl (C=O) groups is 1. The minimum atomic E-state index is -0.237. The van der Waals surface area contributed by atoms with E-state index in [0.717, 1.165) is 54.4 Å². The molecule has 0 radical (unpaired) electrons. The van der Waals surface area contributed by atoms with E-state index in [1.165, 1.54) is 12.8 Å². The lowest BCUT2D eigenvalue weighted by Gasteiger charge is -2.34. The molecule has 11 heteroatoms. The van der Waals surface area contributed by atoms with Gasteiger partial charge in [0.15, 0.2) is 11.5 Å². The molecule has 200 valence electrons. The molecule has 1 saturated heterocycles. The molecular weight excluding hydrogens is 492 g/mol. The van der Waals surface area contributed by atoms with Crippen molar-refractivity contribution in [1.29, 1.82) is 0 Å². The first kappa shape index (κ1) is 23.8. The number of nitrogens with zero attached hydrogens (tertiary/aromatic N) is 8. The fourth-order valence-electron chi connectivity index (χ4n) is 5.63. The maximum absolute atomic E-state index is 13.5. The van der Waals surface area contributed by atoms with Crippen LogP contribution in [0.4, 0.5) is 11.5 Å². The van der Waals surface area contributed by atoms with Gasteiger partial charge in [-0.1, -0.05) is 0 Å². The van der Waals surface area contributed by atoms with Gasteiger partial charge in [-0.15, -0.1) is 0 Å². The summed E-state index contributed by atoms with van der Waals surface area (Å²) in [6.07, 6.45) is 14.3. The van der Waals surface area contributed by atoms with Crippen LogP contribution >= 0.6 is 0 Å². The molecule has 39 heavy (non-hydrogen) atoms. The van der Waals surface area contributed by atoms with Crippen LogP contribution in [0.3, 0.4) is 0 Å². The second-order valence-electron chi connectivity index (χ2n) is 10.7. The zero-order chi connectivity index (χ0) is 26.5. The van der Waals surface area contributed by atoms with Gasteiger partial charge in [0, 0.05) is 68.1 Å². The summed E-state index contributed by atoms with van der Waals surface area (Å²) in [5.74, 6) is 0.229. The highest BCUT2D eigenvalue weighted by Crippen LogP contribution is 2.32. The summed E-state index contributed by atoms with van der Waals surface area (Å²) in [5, 5.41) is 16.7. The number of hydrogen-bond donors (Lipinski definition) is 2. The van der Waals surface area contributed by atoms with Gasteiger partial charge in [-0.05, 0) is 50.8 Å². The average Bonchev–Trinajstić information content (AvgIpc) is 3.25. The van der Waals surface area contributed by atoms with Crippen LogP contribution in [0.1, 0.15) is 47.4 Å². The van der Waals surface area contributed by atoms with E-state index in [4.69, 9.17) is 4.98 Å². The van der Waals surface area contributed by atoms with Crippen molar-refractivity contribution in [2.24, 2.45) is 7.05 Å². The number of anilines is 2. The number of piperidine rings is 1. The molecule has 2 fully saturated rings. The first-order chi connectivity index (χ1) is 19.0. The largest absolute Gasteiger partial charge is 0.371 e. The molecule has 11 nitrogen and oxygen atoms in total. The molecule has 5 aromatic rings. The van der Waals surface area contributed by atoms with Gasteiger partial charge in [0.1, 0.15) is 11.2 Å². The maximum atomic E-state index is 13.5. The highest BCUT2D eigenvalue weighted by Gasteiger charge is 2.28. The minimum Gasteiger partial charge on any atom is -0.371 e. The van der Waals surface area contributed by atoms with Crippen LogP contribution < -0.4 is 15.5 Å². The summed E-state index contributed by atoms with van der Waals surface area (Å²) < 4.78 is 5.49. The predicted octanol–water partition coefficient (Wildman–Crippen LogP) is 3.14. The third-order valence-corrected chi connectivity index (χ3v) is 7.64. The van der Waals surface area contributed by atoms with E-state index in [0.29, 0.717) is 35.1 Å². The molecule has 1 saturated carbocycles. The van der Waals surface area contributed by atoms with Crippen molar-refractivity contribution in [3.05, 3.63) is 66.1 Å². The van der Waals surface area contributed by atoms with Crippen molar-refractivity contribution in [3.8, 4) is 0 Å². The van der Waals surface area contributed by atoms with E-state index in [9.17, 15) is 4.79 Å². The van der Waals surface area contributed by atoms with E-state index in [1.54, 1.807) is 15.6 Å². The summed E-state index contributed by atoms with van der Waals surface area (Å²) in [4.78, 5) is 25.3. The lowest BCUT2D eigenvalue weighted by atomic mass is 10.0. The standard InChI is InChI=1S/C28H32N10O/c1-18-14-37-17-25(32-27(37)23(30-18)16-38-11-3-10-29-38)33-28(39)21-6-7-24(22-15-35(2)34-26(21)22)36-12-8-20(9-13-36)31-19-4-5-19/h3,6-7,10-11,14-15,17,19-20,31H,4-5,8-9,12-13,16H2,1-2H3,(H,33,39). The van der Waals surface area contributed by atoms with Crippen molar-refractivity contribution in [3.63, 3.8) is 0 Å². The Kier molecular flexibility index (Phi) is 5.80. The Hall–Kier alpha value is -4.25. The van der Waals surface area contributed by atoms with Crippen LogP contribution in [-0.4, -0.2) is 65.0 Å². The molecule has 0 spiro atoms. The number of aromatic nitrogens is 7. The number of nitrogens with one attached hydrogen (secondary N) is 2. The topological polar surface area (TPSA) is 110 Å². The third kappa shape index (κ3) is 4.74. The van der Waals surface area contributed by atoms with Crippen molar-refractivity contribution < 1.29 is 4.79 Å². The van der Waals surface area contributed by atoms with Crippen LogP contribution in [0, 0.1) is 6.92 Å². The summed E-state index contributed by atoms with van der Waals surface area (Å²) in [6, 6.07) is 7.17.